The van der Waals surface area contributed by atoms with E-state index < -0.39 is 10.3 Å². The molecule has 1 amide bonds. The average Bonchev–Trinajstić information content (AvgIpc) is 2.57. The molecule has 0 spiro atoms. The first-order valence-corrected chi connectivity index (χ1v) is 8.29. The molecule has 2 rings (SSSR count). The maximum absolute atomic E-state index is 11.8. The minimum absolute atomic E-state index is 0.00740. The molecule has 0 aliphatic rings. The lowest BCUT2D eigenvalue weighted by Crippen LogP contribution is -2.37. The zero-order chi connectivity index (χ0) is 19.3. The molecule has 0 unspecified atom stereocenters. The Bertz CT molecular complexity index is 815. The fourth-order valence-corrected chi connectivity index (χ4v) is 2.18. The standard InChI is InChI=1S/C18H23N5O3/c1-12-10-15(19-8-9-20-17(24)18(2,3)4)22-16(21-12)13-6-5-7-14(11-13)23(25)26/h5-7,10-11H,8-9H2,1-4H3,(H,20,24)(H,19,21,22). The quantitative estimate of drug-likeness (QED) is 0.467. The van der Waals surface area contributed by atoms with Crippen molar-refractivity contribution in [3.05, 3.63) is 46.1 Å². The molecule has 0 saturated heterocycles. The lowest BCUT2D eigenvalue weighted by molar-refractivity contribution is -0.384. The highest BCUT2D eigenvalue weighted by Crippen LogP contribution is 2.22. The van der Waals surface area contributed by atoms with Gasteiger partial charge in [-0.2, -0.15) is 0 Å². The van der Waals surface area contributed by atoms with E-state index in [0.717, 1.165) is 5.69 Å². The van der Waals surface area contributed by atoms with Crippen molar-refractivity contribution in [2.75, 3.05) is 18.4 Å². The van der Waals surface area contributed by atoms with Crippen LogP contribution in [0, 0.1) is 22.5 Å². The van der Waals surface area contributed by atoms with E-state index in [4.69, 9.17) is 0 Å². The fraction of sp³-hybridized carbons (Fsp3) is 0.389. The number of aryl methyl sites for hydroxylation is 1. The summed E-state index contributed by atoms with van der Waals surface area (Å²) in [5.74, 6) is 0.995. The molecule has 8 nitrogen and oxygen atoms in total. The summed E-state index contributed by atoms with van der Waals surface area (Å²) in [7, 11) is 0. The zero-order valence-electron chi connectivity index (χ0n) is 15.4. The summed E-state index contributed by atoms with van der Waals surface area (Å²) in [4.78, 5) is 31.1. The van der Waals surface area contributed by atoms with Crippen LogP contribution in [0.1, 0.15) is 26.5 Å². The van der Waals surface area contributed by atoms with Gasteiger partial charge in [-0.3, -0.25) is 14.9 Å². The molecule has 0 radical (unpaired) electrons. The van der Waals surface area contributed by atoms with Crippen molar-refractivity contribution in [2.24, 2.45) is 5.41 Å². The molecule has 26 heavy (non-hydrogen) atoms. The number of amides is 1. The molecule has 1 heterocycles. The maximum atomic E-state index is 11.8. The summed E-state index contributed by atoms with van der Waals surface area (Å²) in [5.41, 5.74) is 0.877. The normalized spacial score (nSPS) is 11.1. The summed E-state index contributed by atoms with van der Waals surface area (Å²) in [6, 6.07) is 7.99. The third kappa shape index (κ3) is 5.23. The Morgan fingerprint density at radius 1 is 1.19 bits per heavy atom. The van der Waals surface area contributed by atoms with E-state index in [1.54, 1.807) is 18.2 Å². The number of hydrogen-bond acceptors (Lipinski definition) is 6. The highest BCUT2D eigenvalue weighted by atomic mass is 16.6. The molecule has 0 aliphatic heterocycles. The molecule has 2 aromatic rings. The third-order valence-corrected chi connectivity index (χ3v) is 3.57. The van der Waals surface area contributed by atoms with Gasteiger partial charge in [0.05, 0.1) is 4.92 Å². The molecular formula is C18H23N5O3. The summed E-state index contributed by atoms with van der Waals surface area (Å²) >= 11 is 0. The predicted molar refractivity (Wildman–Crippen MR) is 99.8 cm³/mol. The number of aromatic nitrogens is 2. The SMILES string of the molecule is Cc1cc(NCCNC(=O)C(C)(C)C)nc(-c2cccc([N+](=O)[O-])c2)n1. The van der Waals surface area contributed by atoms with E-state index in [0.29, 0.717) is 30.3 Å². The van der Waals surface area contributed by atoms with Gasteiger partial charge >= 0.3 is 0 Å². The van der Waals surface area contributed by atoms with E-state index in [-0.39, 0.29) is 11.6 Å². The van der Waals surface area contributed by atoms with Gasteiger partial charge in [-0.1, -0.05) is 32.9 Å². The number of nitro benzene ring substituents is 1. The van der Waals surface area contributed by atoms with Gasteiger partial charge < -0.3 is 10.6 Å². The van der Waals surface area contributed by atoms with Crippen molar-refractivity contribution in [1.29, 1.82) is 0 Å². The van der Waals surface area contributed by atoms with Crippen molar-refractivity contribution >= 4 is 17.4 Å². The lowest BCUT2D eigenvalue weighted by Gasteiger charge is -2.17. The molecule has 0 bridgehead atoms. The van der Waals surface area contributed by atoms with Crippen molar-refractivity contribution in [2.45, 2.75) is 27.7 Å². The lowest BCUT2D eigenvalue weighted by atomic mass is 9.96. The van der Waals surface area contributed by atoms with Gasteiger partial charge in [0, 0.05) is 48.0 Å². The number of non-ortho nitro benzene ring substituents is 1. The van der Waals surface area contributed by atoms with Crippen LogP contribution in [0.2, 0.25) is 0 Å². The van der Waals surface area contributed by atoms with Crippen LogP contribution < -0.4 is 10.6 Å². The summed E-state index contributed by atoms with van der Waals surface area (Å²) in [6.45, 7) is 8.37. The van der Waals surface area contributed by atoms with Gasteiger partial charge in [0.2, 0.25) is 5.91 Å². The number of nitrogens with one attached hydrogen (secondary N) is 2. The molecule has 0 aliphatic carbocycles. The van der Waals surface area contributed by atoms with Crippen LogP contribution in [-0.2, 0) is 4.79 Å². The Kier molecular flexibility index (Phi) is 5.86. The Morgan fingerprint density at radius 2 is 1.92 bits per heavy atom. The summed E-state index contributed by atoms with van der Waals surface area (Å²) < 4.78 is 0. The van der Waals surface area contributed by atoms with Crippen molar-refractivity contribution in [3.8, 4) is 11.4 Å². The van der Waals surface area contributed by atoms with Crippen LogP contribution in [0.25, 0.3) is 11.4 Å². The number of rotatable bonds is 6. The fourth-order valence-electron chi connectivity index (χ4n) is 2.18. The predicted octanol–water partition coefficient (Wildman–Crippen LogP) is 2.93. The van der Waals surface area contributed by atoms with Gasteiger partial charge in [-0.15, -0.1) is 0 Å². The zero-order valence-corrected chi connectivity index (χ0v) is 15.4. The van der Waals surface area contributed by atoms with E-state index in [9.17, 15) is 14.9 Å². The van der Waals surface area contributed by atoms with Crippen LogP contribution >= 0.6 is 0 Å². The topological polar surface area (TPSA) is 110 Å². The minimum Gasteiger partial charge on any atom is -0.368 e. The second-order valence-corrected chi connectivity index (χ2v) is 6.96. The Labute approximate surface area is 152 Å². The molecule has 1 aromatic heterocycles. The third-order valence-electron chi connectivity index (χ3n) is 3.57. The van der Waals surface area contributed by atoms with E-state index in [2.05, 4.69) is 20.6 Å². The van der Waals surface area contributed by atoms with Crippen molar-refractivity contribution in [3.63, 3.8) is 0 Å². The highest BCUT2D eigenvalue weighted by molar-refractivity contribution is 5.81. The number of benzene rings is 1. The largest absolute Gasteiger partial charge is 0.368 e. The molecular weight excluding hydrogens is 334 g/mol. The van der Waals surface area contributed by atoms with E-state index in [1.165, 1.54) is 12.1 Å². The molecule has 138 valence electrons. The second kappa shape index (κ2) is 7.90. The van der Waals surface area contributed by atoms with Crippen LogP contribution in [0.15, 0.2) is 30.3 Å². The van der Waals surface area contributed by atoms with Gasteiger partial charge in [0.1, 0.15) is 5.82 Å². The van der Waals surface area contributed by atoms with Crippen LogP contribution in [0.4, 0.5) is 11.5 Å². The second-order valence-electron chi connectivity index (χ2n) is 6.96. The summed E-state index contributed by atoms with van der Waals surface area (Å²) in [5, 5.41) is 16.9. The molecule has 2 N–H and O–H groups in total. The number of carbonyl (C=O) groups is 1. The highest BCUT2D eigenvalue weighted by Gasteiger charge is 2.20. The monoisotopic (exact) mass is 357 g/mol. The first-order valence-electron chi connectivity index (χ1n) is 8.29. The van der Waals surface area contributed by atoms with Crippen molar-refractivity contribution in [1.82, 2.24) is 15.3 Å². The minimum atomic E-state index is -0.448. The van der Waals surface area contributed by atoms with Gasteiger partial charge in [0.25, 0.3) is 5.69 Å². The molecule has 8 heteroatoms. The van der Waals surface area contributed by atoms with Crippen LogP contribution in [0.5, 0.6) is 0 Å². The van der Waals surface area contributed by atoms with Gasteiger partial charge in [-0.05, 0) is 6.92 Å². The Hall–Kier alpha value is -3.03. The first-order chi connectivity index (χ1) is 12.2. The number of hydrogen-bond donors (Lipinski definition) is 2. The van der Waals surface area contributed by atoms with Gasteiger partial charge in [-0.25, -0.2) is 9.97 Å². The molecule has 1 aromatic carbocycles. The molecule has 0 atom stereocenters. The Balaban J connectivity index is 2.07. The summed E-state index contributed by atoms with van der Waals surface area (Å²) in [6.07, 6.45) is 0. The van der Waals surface area contributed by atoms with Gasteiger partial charge in [0.15, 0.2) is 5.82 Å². The number of carbonyl (C=O) groups excluding carboxylic acids is 1. The number of nitrogens with zero attached hydrogens (tertiary/aromatic N) is 3. The molecule has 0 saturated carbocycles. The Morgan fingerprint density at radius 3 is 2.58 bits per heavy atom. The number of nitro groups is 1. The van der Waals surface area contributed by atoms with E-state index in [1.807, 2.05) is 27.7 Å². The van der Waals surface area contributed by atoms with E-state index >= 15 is 0 Å². The molecule has 0 fully saturated rings. The first kappa shape index (κ1) is 19.3. The van der Waals surface area contributed by atoms with Crippen LogP contribution in [0.3, 0.4) is 0 Å². The average molecular weight is 357 g/mol. The van der Waals surface area contributed by atoms with Crippen LogP contribution in [-0.4, -0.2) is 33.9 Å². The van der Waals surface area contributed by atoms with Crippen molar-refractivity contribution < 1.29 is 9.72 Å². The maximum Gasteiger partial charge on any atom is 0.270 e. The smallest absolute Gasteiger partial charge is 0.270 e. The number of anilines is 1.